The fourth-order valence-electron chi connectivity index (χ4n) is 3.48. The minimum Gasteiger partial charge on any atom is -0.419 e. The Morgan fingerprint density at radius 3 is 2.50 bits per heavy atom. The number of nitrogens with one attached hydrogen (secondary N) is 1. The van der Waals surface area contributed by atoms with Crippen molar-refractivity contribution < 1.29 is 13.9 Å². The van der Waals surface area contributed by atoms with E-state index in [1.807, 2.05) is 48.2 Å². The van der Waals surface area contributed by atoms with Crippen molar-refractivity contribution in [1.29, 1.82) is 0 Å². The van der Waals surface area contributed by atoms with Gasteiger partial charge >= 0.3 is 0 Å². The molecule has 3 aromatic rings. The lowest BCUT2D eigenvalue weighted by molar-refractivity contribution is -0.117. The SMILES string of the molecule is CCN(CC(=O)Nc1ccc(N2CCOCC2)cc1)Cc1nnc(-c2ccc(Cl)cc2)o1. The summed E-state index contributed by atoms with van der Waals surface area (Å²) >= 11 is 5.92. The van der Waals surface area contributed by atoms with Gasteiger partial charge in [-0.2, -0.15) is 0 Å². The largest absolute Gasteiger partial charge is 0.419 e. The van der Waals surface area contributed by atoms with Gasteiger partial charge in [0.2, 0.25) is 17.7 Å². The number of amides is 1. The molecule has 1 amide bonds. The second kappa shape index (κ2) is 10.6. The van der Waals surface area contributed by atoms with Gasteiger partial charge in [0.25, 0.3) is 0 Å². The molecule has 0 unspecified atom stereocenters. The van der Waals surface area contributed by atoms with E-state index in [0.717, 1.165) is 43.2 Å². The Morgan fingerprint density at radius 1 is 1.09 bits per heavy atom. The van der Waals surface area contributed by atoms with E-state index < -0.39 is 0 Å². The first-order chi connectivity index (χ1) is 15.6. The molecule has 1 fully saturated rings. The summed E-state index contributed by atoms with van der Waals surface area (Å²) in [5.74, 6) is 0.792. The molecule has 1 aromatic heterocycles. The van der Waals surface area contributed by atoms with Crippen LogP contribution in [-0.2, 0) is 16.1 Å². The van der Waals surface area contributed by atoms with Crippen molar-refractivity contribution in [3.05, 3.63) is 59.4 Å². The molecule has 0 bridgehead atoms. The number of benzene rings is 2. The molecule has 1 saturated heterocycles. The van der Waals surface area contributed by atoms with Crippen LogP contribution in [0.15, 0.2) is 52.9 Å². The number of rotatable bonds is 8. The van der Waals surface area contributed by atoms with Crippen molar-refractivity contribution in [2.75, 3.05) is 49.6 Å². The minimum atomic E-state index is -0.0941. The molecule has 0 spiro atoms. The van der Waals surface area contributed by atoms with E-state index in [9.17, 15) is 4.79 Å². The maximum Gasteiger partial charge on any atom is 0.247 e. The number of carbonyl (C=O) groups excluding carboxylic acids is 1. The molecular weight excluding hydrogens is 430 g/mol. The summed E-state index contributed by atoms with van der Waals surface area (Å²) in [6.45, 7) is 6.52. The van der Waals surface area contributed by atoms with Crippen LogP contribution in [0.2, 0.25) is 5.02 Å². The van der Waals surface area contributed by atoms with Gasteiger partial charge in [0.05, 0.1) is 26.3 Å². The van der Waals surface area contributed by atoms with Crippen molar-refractivity contribution in [2.45, 2.75) is 13.5 Å². The van der Waals surface area contributed by atoms with Gasteiger partial charge in [0.1, 0.15) is 0 Å². The summed E-state index contributed by atoms with van der Waals surface area (Å²) < 4.78 is 11.2. The summed E-state index contributed by atoms with van der Waals surface area (Å²) in [6.07, 6.45) is 0. The number of hydrogen-bond acceptors (Lipinski definition) is 7. The summed E-state index contributed by atoms with van der Waals surface area (Å²) in [7, 11) is 0. The van der Waals surface area contributed by atoms with Crippen LogP contribution in [0.25, 0.3) is 11.5 Å². The standard InChI is InChI=1S/C23H26ClN5O3/c1-2-28(16-22-26-27-23(32-22)17-3-5-18(24)6-4-17)15-21(30)25-19-7-9-20(10-8-19)29-11-13-31-14-12-29/h3-10H,2,11-16H2,1H3,(H,25,30). The highest BCUT2D eigenvalue weighted by Crippen LogP contribution is 2.21. The average molecular weight is 456 g/mol. The maximum atomic E-state index is 12.6. The highest BCUT2D eigenvalue weighted by Gasteiger charge is 2.16. The van der Waals surface area contributed by atoms with Crippen molar-refractivity contribution in [1.82, 2.24) is 15.1 Å². The second-order valence-electron chi connectivity index (χ2n) is 7.51. The van der Waals surface area contributed by atoms with Crippen LogP contribution in [0.1, 0.15) is 12.8 Å². The molecule has 2 heterocycles. The van der Waals surface area contributed by atoms with E-state index >= 15 is 0 Å². The first-order valence-electron chi connectivity index (χ1n) is 10.6. The van der Waals surface area contributed by atoms with Gasteiger partial charge in [0, 0.05) is 35.1 Å². The number of halogens is 1. The van der Waals surface area contributed by atoms with Gasteiger partial charge in [0.15, 0.2) is 0 Å². The van der Waals surface area contributed by atoms with E-state index in [2.05, 4.69) is 20.4 Å². The van der Waals surface area contributed by atoms with Gasteiger partial charge in [-0.3, -0.25) is 9.69 Å². The predicted molar refractivity (Wildman–Crippen MR) is 124 cm³/mol. The van der Waals surface area contributed by atoms with Gasteiger partial charge in [-0.15, -0.1) is 10.2 Å². The molecule has 168 valence electrons. The van der Waals surface area contributed by atoms with E-state index in [0.29, 0.717) is 29.9 Å². The first-order valence-corrected chi connectivity index (χ1v) is 11.0. The molecule has 1 aliphatic heterocycles. The van der Waals surface area contributed by atoms with Crippen molar-refractivity contribution in [3.63, 3.8) is 0 Å². The lowest BCUT2D eigenvalue weighted by Gasteiger charge is -2.28. The van der Waals surface area contributed by atoms with Crippen LogP contribution in [-0.4, -0.2) is 60.4 Å². The van der Waals surface area contributed by atoms with Crippen molar-refractivity contribution in [2.24, 2.45) is 0 Å². The van der Waals surface area contributed by atoms with Crippen LogP contribution in [0.3, 0.4) is 0 Å². The van der Waals surface area contributed by atoms with E-state index in [1.165, 1.54) is 0 Å². The number of anilines is 2. The molecule has 1 N–H and O–H groups in total. The lowest BCUT2D eigenvalue weighted by atomic mass is 10.2. The quantitative estimate of drug-likeness (QED) is 0.554. The van der Waals surface area contributed by atoms with Crippen LogP contribution in [0, 0.1) is 0 Å². The zero-order valence-corrected chi connectivity index (χ0v) is 18.7. The first kappa shape index (κ1) is 22.3. The molecule has 2 aromatic carbocycles. The number of aromatic nitrogens is 2. The molecule has 0 radical (unpaired) electrons. The number of hydrogen-bond donors (Lipinski definition) is 1. The number of morpholine rings is 1. The van der Waals surface area contributed by atoms with Gasteiger partial charge < -0.3 is 19.4 Å². The number of ether oxygens (including phenoxy) is 1. The molecule has 1 aliphatic rings. The Morgan fingerprint density at radius 2 is 1.81 bits per heavy atom. The van der Waals surface area contributed by atoms with Crippen LogP contribution >= 0.6 is 11.6 Å². The molecule has 32 heavy (non-hydrogen) atoms. The fourth-order valence-corrected chi connectivity index (χ4v) is 3.60. The fraction of sp³-hybridized carbons (Fsp3) is 0.348. The Kier molecular flexibility index (Phi) is 7.36. The molecule has 8 nitrogen and oxygen atoms in total. The van der Waals surface area contributed by atoms with Crippen LogP contribution < -0.4 is 10.2 Å². The summed E-state index contributed by atoms with van der Waals surface area (Å²) in [4.78, 5) is 16.8. The molecule has 4 rings (SSSR count). The van der Waals surface area contributed by atoms with Crippen LogP contribution in [0.5, 0.6) is 0 Å². The van der Waals surface area contributed by atoms with Crippen molar-refractivity contribution in [3.8, 4) is 11.5 Å². The normalized spacial score (nSPS) is 14.0. The third-order valence-corrected chi connectivity index (χ3v) is 5.51. The summed E-state index contributed by atoms with van der Waals surface area (Å²) in [6, 6.07) is 15.1. The van der Waals surface area contributed by atoms with Crippen molar-refractivity contribution >= 4 is 28.9 Å². The van der Waals surface area contributed by atoms with Gasteiger partial charge in [-0.05, 0) is 55.1 Å². The molecule has 0 aliphatic carbocycles. The zero-order valence-electron chi connectivity index (χ0n) is 18.0. The predicted octanol–water partition coefficient (Wildman–Crippen LogP) is 3.69. The highest BCUT2D eigenvalue weighted by molar-refractivity contribution is 6.30. The molecule has 0 saturated carbocycles. The minimum absolute atomic E-state index is 0.0941. The van der Waals surface area contributed by atoms with E-state index in [4.69, 9.17) is 20.8 Å². The number of carbonyl (C=O) groups is 1. The maximum absolute atomic E-state index is 12.6. The number of likely N-dealkylation sites (N-methyl/N-ethyl adjacent to an activating group) is 1. The highest BCUT2D eigenvalue weighted by atomic mass is 35.5. The summed E-state index contributed by atoms with van der Waals surface area (Å²) in [5.41, 5.74) is 2.70. The van der Waals surface area contributed by atoms with E-state index in [-0.39, 0.29) is 12.5 Å². The Hall–Kier alpha value is -2.94. The molecular formula is C23H26ClN5O3. The Bertz CT molecular complexity index is 1020. The van der Waals surface area contributed by atoms with Gasteiger partial charge in [-0.1, -0.05) is 18.5 Å². The Labute approximate surface area is 192 Å². The number of nitrogens with zero attached hydrogens (tertiary/aromatic N) is 4. The second-order valence-corrected chi connectivity index (χ2v) is 7.94. The molecule has 9 heteroatoms. The average Bonchev–Trinajstić information content (AvgIpc) is 3.28. The smallest absolute Gasteiger partial charge is 0.247 e. The summed E-state index contributed by atoms with van der Waals surface area (Å²) in [5, 5.41) is 11.8. The monoisotopic (exact) mass is 455 g/mol. The third-order valence-electron chi connectivity index (χ3n) is 5.26. The third kappa shape index (κ3) is 5.85. The van der Waals surface area contributed by atoms with Gasteiger partial charge in [-0.25, -0.2) is 0 Å². The van der Waals surface area contributed by atoms with Crippen LogP contribution in [0.4, 0.5) is 11.4 Å². The lowest BCUT2D eigenvalue weighted by Crippen LogP contribution is -2.36. The molecule has 0 atom stereocenters. The zero-order chi connectivity index (χ0) is 22.3. The topological polar surface area (TPSA) is 83.7 Å². The van der Waals surface area contributed by atoms with E-state index in [1.54, 1.807) is 12.1 Å². The Balaban J connectivity index is 1.30.